The molecule has 1 aliphatic rings. The second-order valence-electron chi connectivity index (χ2n) is 4.35. The molecule has 6 nitrogen and oxygen atoms in total. The molecule has 0 radical (unpaired) electrons. The van der Waals surface area contributed by atoms with Crippen molar-refractivity contribution in [2.45, 2.75) is 13.3 Å². The molecule has 0 bridgehead atoms. The van der Waals surface area contributed by atoms with Crippen LogP contribution in [-0.2, 0) is 0 Å². The number of aromatic amines is 1. The molecule has 0 aromatic carbocycles. The fourth-order valence-corrected chi connectivity index (χ4v) is 2.10. The lowest BCUT2D eigenvalue weighted by molar-refractivity contribution is 0.0607. The van der Waals surface area contributed by atoms with Gasteiger partial charge in [-0.05, 0) is 24.8 Å². The first kappa shape index (κ1) is 11.1. The number of hydrogen-bond donors (Lipinski definition) is 2. The molecule has 1 saturated heterocycles. The quantitative estimate of drug-likeness (QED) is 0.730. The van der Waals surface area contributed by atoms with Gasteiger partial charge in [0.05, 0.1) is 0 Å². The molecule has 1 amide bonds. The smallest absolute Gasteiger partial charge is 0.291 e. The van der Waals surface area contributed by atoms with Gasteiger partial charge < -0.3 is 10.6 Å². The molecule has 2 unspecified atom stereocenters. The van der Waals surface area contributed by atoms with Gasteiger partial charge in [-0.3, -0.25) is 9.89 Å². The predicted molar refractivity (Wildman–Crippen MR) is 58.6 cm³/mol. The van der Waals surface area contributed by atoms with Crippen LogP contribution < -0.4 is 5.73 Å². The highest BCUT2D eigenvalue weighted by Gasteiger charge is 2.29. The molecule has 0 spiro atoms. The van der Waals surface area contributed by atoms with Gasteiger partial charge >= 0.3 is 0 Å². The van der Waals surface area contributed by atoms with Gasteiger partial charge in [0.1, 0.15) is 6.33 Å². The van der Waals surface area contributed by atoms with E-state index in [1.807, 2.05) is 0 Å². The Kier molecular flexibility index (Phi) is 3.19. The van der Waals surface area contributed by atoms with E-state index >= 15 is 0 Å². The Balaban J connectivity index is 2.03. The van der Waals surface area contributed by atoms with Crippen LogP contribution in [0.3, 0.4) is 0 Å². The van der Waals surface area contributed by atoms with Crippen LogP contribution in [0, 0.1) is 11.8 Å². The van der Waals surface area contributed by atoms with Crippen molar-refractivity contribution in [2.24, 2.45) is 17.6 Å². The van der Waals surface area contributed by atoms with Crippen LogP contribution in [0.2, 0.25) is 0 Å². The number of aromatic nitrogens is 3. The summed E-state index contributed by atoms with van der Waals surface area (Å²) >= 11 is 0. The van der Waals surface area contributed by atoms with Crippen molar-refractivity contribution < 1.29 is 4.79 Å². The van der Waals surface area contributed by atoms with Gasteiger partial charge in [0.25, 0.3) is 5.91 Å². The zero-order valence-corrected chi connectivity index (χ0v) is 9.39. The van der Waals surface area contributed by atoms with Gasteiger partial charge in [-0.1, -0.05) is 6.92 Å². The standard InChI is InChI=1S/C10H17N5O/c1-7-2-3-15(5-8(7)4-11)10(16)9-12-6-13-14-9/h6-8H,2-5,11H2,1H3,(H,12,13,14). The van der Waals surface area contributed by atoms with E-state index in [1.165, 1.54) is 6.33 Å². The maximum absolute atomic E-state index is 12.0. The number of carbonyl (C=O) groups is 1. The first-order valence-corrected chi connectivity index (χ1v) is 5.57. The molecule has 16 heavy (non-hydrogen) atoms. The first-order valence-electron chi connectivity index (χ1n) is 5.57. The molecular weight excluding hydrogens is 206 g/mol. The molecule has 0 aliphatic carbocycles. The molecular formula is C10H17N5O. The van der Waals surface area contributed by atoms with Crippen LogP contribution in [0.25, 0.3) is 0 Å². The molecule has 1 aliphatic heterocycles. The number of carbonyl (C=O) groups excluding carboxylic acids is 1. The lowest BCUT2D eigenvalue weighted by Gasteiger charge is -2.36. The maximum atomic E-state index is 12.0. The predicted octanol–water partition coefficient (Wildman–Crippen LogP) is -0.138. The fraction of sp³-hybridized carbons (Fsp3) is 0.700. The summed E-state index contributed by atoms with van der Waals surface area (Å²) in [6.45, 7) is 4.31. The number of amides is 1. The Hall–Kier alpha value is -1.43. The minimum Gasteiger partial charge on any atom is -0.336 e. The summed E-state index contributed by atoms with van der Waals surface area (Å²) in [5, 5.41) is 6.28. The third-order valence-electron chi connectivity index (χ3n) is 3.32. The van der Waals surface area contributed by atoms with Crippen LogP contribution >= 0.6 is 0 Å². The zero-order chi connectivity index (χ0) is 11.5. The summed E-state index contributed by atoms with van der Waals surface area (Å²) in [5.74, 6) is 1.21. The maximum Gasteiger partial charge on any atom is 0.291 e. The van der Waals surface area contributed by atoms with Gasteiger partial charge in [0.15, 0.2) is 0 Å². The highest BCUT2D eigenvalue weighted by Crippen LogP contribution is 2.22. The minimum atomic E-state index is -0.0807. The third kappa shape index (κ3) is 2.06. The van der Waals surface area contributed by atoms with Crippen molar-refractivity contribution in [1.29, 1.82) is 0 Å². The molecule has 6 heteroatoms. The van der Waals surface area contributed by atoms with E-state index in [1.54, 1.807) is 4.90 Å². The van der Waals surface area contributed by atoms with Gasteiger partial charge in [0, 0.05) is 13.1 Å². The van der Waals surface area contributed by atoms with Crippen LogP contribution in [-0.4, -0.2) is 45.6 Å². The Morgan fingerprint density at radius 1 is 1.75 bits per heavy atom. The molecule has 88 valence electrons. The molecule has 1 fully saturated rings. The van der Waals surface area contributed by atoms with E-state index in [-0.39, 0.29) is 5.91 Å². The van der Waals surface area contributed by atoms with Crippen LogP contribution in [0.4, 0.5) is 0 Å². The zero-order valence-electron chi connectivity index (χ0n) is 9.39. The summed E-state index contributed by atoms with van der Waals surface area (Å²) < 4.78 is 0. The normalized spacial score (nSPS) is 25.8. The van der Waals surface area contributed by atoms with E-state index in [4.69, 9.17) is 5.73 Å². The molecule has 1 aromatic rings. The highest BCUT2D eigenvalue weighted by molar-refractivity contribution is 5.90. The summed E-state index contributed by atoms with van der Waals surface area (Å²) in [7, 11) is 0. The van der Waals surface area contributed by atoms with E-state index in [2.05, 4.69) is 22.1 Å². The monoisotopic (exact) mass is 223 g/mol. The number of hydrogen-bond acceptors (Lipinski definition) is 4. The summed E-state index contributed by atoms with van der Waals surface area (Å²) in [6, 6.07) is 0. The van der Waals surface area contributed by atoms with E-state index in [0.29, 0.717) is 24.2 Å². The number of nitrogens with two attached hydrogens (primary N) is 1. The average molecular weight is 223 g/mol. The summed E-state index contributed by atoms with van der Waals surface area (Å²) in [5.41, 5.74) is 5.70. The van der Waals surface area contributed by atoms with Gasteiger partial charge in [-0.2, -0.15) is 5.10 Å². The topological polar surface area (TPSA) is 87.9 Å². The fourth-order valence-electron chi connectivity index (χ4n) is 2.10. The largest absolute Gasteiger partial charge is 0.336 e. The van der Waals surface area contributed by atoms with Crippen molar-refractivity contribution >= 4 is 5.91 Å². The van der Waals surface area contributed by atoms with Gasteiger partial charge in [0.2, 0.25) is 5.82 Å². The van der Waals surface area contributed by atoms with Crippen molar-refractivity contribution in [2.75, 3.05) is 19.6 Å². The number of rotatable bonds is 2. The lowest BCUT2D eigenvalue weighted by atomic mass is 9.87. The molecule has 0 saturated carbocycles. The van der Waals surface area contributed by atoms with Crippen molar-refractivity contribution in [3.63, 3.8) is 0 Å². The molecule has 2 atom stereocenters. The lowest BCUT2D eigenvalue weighted by Crippen LogP contribution is -2.45. The second-order valence-corrected chi connectivity index (χ2v) is 4.35. The number of likely N-dealkylation sites (tertiary alicyclic amines) is 1. The van der Waals surface area contributed by atoms with Crippen LogP contribution in [0.1, 0.15) is 24.0 Å². The summed E-state index contributed by atoms with van der Waals surface area (Å²) in [6.07, 6.45) is 2.35. The number of nitrogens with one attached hydrogen (secondary N) is 1. The SMILES string of the molecule is CC1CCN(C(=O)c2ncn[nH]2)CC1CN. The molecule has 3 N–H and O–H groups in total. The average Bonchev–Trinajstić information content (AvgIpc) is 2.82. The first-order chi connectivity index (χ1) is 7.72. The van der Waals surface area contributed by atoms with E-state index < -0.39 is 0 Å². The Morgan fingerprint density at radius 3 is 3.19 bits per heavy atom. The number of piperidine rings is 1. The summed E-state index contributed by atoms with van der Waals surface area (Å²) in [4.78, 5) is 17.7. The van der Waals surface area contributed by atoms with Gasteiger partial charge in [-0.15, -0.1) is 0 Å². The molecule has 2 heterocycles. The number of nitrogens with zero attached hydrogens (tertiary/aromatic N) is 3. The second kappa shape index (κ2) is 4.61. The number of H-pyrrole nitrogens is 1. The Bertz CT molecular complexity index is 350. The van der Waals surface area contributed by atoms with E-state index in [0.717, 1.165) is 19.5 Å². The van der Waals surface area contributed by atoms with E-state index in [9.17, 15) is 4.79 Å². The third-order valence-corrected chi connectivity index (χ3v) is 3.32. The minimum absolute atomic E-state index is 0.0807. The Morgan fingerprint density at radius 2 is 2.56 bits per heavy atom. The van der Waals surface area contributed by atoms with Crippen LogP contribution in [0.5, 0.6) is 0 Å². The molecule has 2 rings (SSSR count). The molecule has 1 aromatic heterocycles. The van der Waals surface area contributed by atoms with Gasteiger partial charge in [-0.25, -0.2) is 4.98 Å². The Labute approximate surface area is 94.2 Å². The van der Waals surface area contributed by atoms with Crippen LogP contribution in [0.15, 0.2) is 6.33 Å². The van der Waals surface area contributed by atoms with Crippen molar-refractivity contribution in [3.05, 3.63) is 12.2 Å². The highest BCUT2D eigenvalue weighted by atomic mass is 16.2. The van der Waals surface area contributed by atoms with Crippen molar-refractivity contribution in [1.82, 2.24) is 20.1 Å². The van der Waals surface area contributed by atoms with Crippen molar-refractivity contribution in [3.8, 4) is 0 Å².